The SMILES string of the molecule is BC1CCCC(C)=C1C=C(C)C. The molecule has 0 N–H and O–H groups in total. The largest absolute Gasteiger partial charge is 0.111 e. The zero-order chi connectivity index (χ0) is 9.14. The summed E-state index contributed by atoms with van der Waals surface area (Å²) < 4.78 is 0. The van der Waals surface area contributed by atoms with Crippen LogP contribution in [0.15, 0.2) is 22.8 Å². The van der Waals surface area contributed by atoms with Crippen molar-refractivity contribution in [3.63, 3.8) is 0 Å². The first-order chi connectivity index (χ1) is 5.61. The van der Waals surface area contributed by atoms with Crippen molar-refractivity contribution in [2.75, 3.05) is 0 Å². The van der Waals surface area contributed by atoms with Crippen LogP contribution in [0.25, 0.3) is 0 Å². The van der Waals surface area contributed by atoms with E-state index in [-0.39, 0.29) is 0 Å². The van der Waals surface area contributed by atoms with Crippen LogP contribution < -0.4 is 0 Å². The molecule has 1 aliphatic rings. The molecule has 0 fully saturated rings. The van der Waals surface area contributed by atoms with E-state index in [0.29, 0.717) is 0 Å². The van der Waals surface area contributed by atoms with Gasteiger partial charge in [0.2, 0.25) is 0 Å². The Bertz CT molecular complexity index is 219. The first-order valence-electron chi connectivity index (χ1n) is 4.96. The molecular weight excluding hydrogens is 143 g/mol. The van der Waals surface area contributed by atoms with Crippen molar-refractivity contribution in [1.29, 1.82) is 0 Å². The van der Waals surface area contributed by atoms with Gasteiger partial charge in [0, 0.05) is 0 Å². The molecule has 1 heteroatoms. The van der Waals surface area contributed by atoms with Crippen molar-refractivity contribution >= 4 is 7.85 Å². The highest BCUT2D eigenvalue weighted by atomic mass is 14.2. The summed E-state index contributed by atoms with van der Waals surface area (Å²) in [4.78, 5) is 0. The van der Waals surface area contributed by atoms with E-state index in [1.807, 2.05) is 0 Å². The van der Waals surface area contributed by atoms with Crippen LogP contribution in [0, 0.1) is 0 Å². The van der Waals surface area contributed by atoms with Gasteiger partial charge in [0.1, 0.15) is 7.85 Å². The lowest BCUT2D eigenvalue weighted by molar-refractivity contribution is 0.681. The quantitative estimate of drug-likeness (QED) is 0.520. The molecule has 0 radical (unpaired) electrons. The van der Waals surface area contributed by atoms with E-state index in [0.717, 1.165) is 5.82 Å². The number of allylic oxidation sites excluding steroid dienone is 4. The lowest BCUT2D eigenvalue weighted by Gasteiger charge is -2.22. The highest BCUT2D eigenvalue weighted by Crippen LogP contribution is 2.33. The summed E-state index contributed by atoms with van der Waals surface area (Å²) >= 11 is 0. The van der Waals surface area contributed by atoms with Gasteiger partial charge in [0.05, 0.1) is 0 Å². The fourth-order valence-electron chi connectivity index (χ4n) is 1.97. The van der Waals surface area contributed by atoms with Gasteiger partial charge >= 0.3 is 0 Å². The molecule has 0 aliphatic heterocycles. The van der Waals surface area contributed by atoms with E-state index in [1.54, 1.807) is 11.1 Å². The van der Waals surface area contributed by atoms with Gasteiger partial charge < -0.3 is 0 Å². The van der Waals surface area contributed by atoms with E-state index in [4.69, 9.17) is 0 Å². The van der Waals surface area contributed by atoms with Crippen LogP contribution in [0.1, 0.15) is 40.0 Å². The zero-order valence-corrected chi connectivity index (χ0v) is 8.78. The second kappa shape index (κ2) is 3.98. The Hall–Kier alpha value is -0.455. The molecule has 0 aromatic carbocycles. The average Bonchev–Trinajstić information content (AvgIpc) is 1.97. The lowest BCUT2D eigenvalue weighted by atomic mass is 9.71. The van der Waals surface area contributed by atoms with E-state index in [9.17, 15) is 0 Å². The monoisotopic (exact) mass is 162 g/mol. The summed E-state index contributed by atoms with van der Waals surface area (Å²) in [5.41, 5.74) is 4.63. The first kappa shape index (κ1) is 9.63. The van der Waals surface area contributed by atoms with Crippen LogP contribution in [-0.2, 0) is 0 Å². The van der Waals surface area contributed by atoms with E-state index >= 15 is 0 Å². The molecule has 1 aliphatic carbocycles. The third-order valence-corrected chi connectivity index (χ3v) is 2.66. The molecule has 0 heterocycles. The second-order valence-corrected chi connectivity index (χ2v) is 4.25. The van der Waals surface area contributed by atoms with Gasteiger partial charge in [-0.15, -0.1) is 0 Å². The van der Waals surface area contributed by atoms with Crippen molar-refractivity contribution in [3.8, 4) is 0 Å². The fraction of sp³-hybridized carbons (Fsp3) is 0.636. The predicted octanol–water partition coefficient (Wildman–Crippen LogP) is 2.87. The van der Waals surface area contributed by atoms with Crippen LogP contribution in [0.3, 0.4) is 0 Å². The number of hydrogen-bond donors (Lipinski definition) is 0. The molecule has 0 aromatic heterocycles. The molecule has 0 saturated carbocycles. The summed E-state index contributed by atoms with van der Waals surface area (Å²) in [5.74, 6) is 0.786. The first-order valence-corrected chi connectivity index (χ1v) is 4.96. The smallest absolute Gasteiger partial charge is 0.0762 e. The van der Waals surface area contributed by atoms with Crippen molar-refractivity contribution in [2.45, 2.75) is 45.9 Å². The standard InChI is InChI=1S/C11H19B/c1-8(2)7-10-9(3)5-4-6-11(10)12/h7,11H,4-6,12H2,1-3H3. The maximum atomic E-state index is 2.36. The molecule has 66 valence electrons. The summed E-state index contributed by atoms with van der Waals surface area (Å²) in [6.45, 7) is 6.65. The third kappa shape index (κ3) is 2.26. The van der Waals surface area contributed by atoms with Gasteiger partial charge in [0.25, 0.3) is 0 Å². The van der Waals surface area contributed by atoms with Crippen LogP contribution in [0.5, 0.6) is 0 Å². The number of rotatable bonds is 1. The summed E-state index contributed by atoms with van der Waals surface area (Å²) in [6, 6.07) is 0. The third-order valence-electron chi connectivity index (χ3n) is 2.66. The Morgan fingerprint density at radius 2 is 2.17 bits per heavy atom. The van der Waals surface area contributed by atoms with E-state index in [1.165, 1.54) is 24.8 Å². The van der Waals surface area contributed by atoms with Crippen molar-refractivity contribution in [3.05, 3.63) is 22.8 Å². The highest BCUT2D eigenvalue weighted by molar-refractivity contribution is 6.14. The molecule has 1 rings (SSSR count). The van der Waals surface area contributed by atoms with Gasteiger partial charge in [-0.05, 0) is 39.4 Å². The minimum Gasteiger partial charge on any atom is -0.0762 e. The summed E-state index contributed by atoms with van der Waals surface area (Å²) in [6.07, 6.45) is 6.42. The van der Waals surface area contributed by atoms with E-state index < -0.39 is 0 Å². The van der Waals surface area contributed by atoms with Crippen molar-refractivity contribution in [1.82, 2.24) is 0 Å². The van der Waals surface area contributed by atoms with Crippen LogP contribution in [0.4, 0.5) is 0 Å². The van der Waals surface area contributed by atoms with E-state index in [2.05, 4.69) is 34.7 Å². The highest BCUT2D eigenvalue weighted by Gasteiger charge is 2.14. The second-order valence-electron chi connectivity index (χ2n) is 4.25. The minimum atomic E-state index is 0.786. The van der Waals surface area contributed by atoms with Crippen molar-refractivity contribution in [2.24, 2.45) is 0 Å². The molecule has 1 unspecified atom stereocenters. The maximum absolute atomic E-state index is 2.36. The molecule has 0 bridgehead atoms. The summed E-state index contributed by atoms with van der Waals surface area (Å²) in [7, 11) is 2.34. The van der Waals surface area contributed by atoms with Gasteiger partial charge in [0.15, 0.2) is 0 Å². The zero-order valence-electron chi connectivity index (χ0n) is 8.78. The Labute approximate surface area is 77.2 Å². The Kier molecular flexibility index (Phi) is 3.19. The Balaban J connectivity index is 2.88. The number of hydrogen-bond acceptors (Lipinski definition) is 0. The molecule has 0 saturated heterocycles. The lowest BCUT2D eigenvalue weighted by Crippen LogP contribution is -2.04. The molecule has 0 spiro atoms. The molecule has 0 nitrogen and oxygen atoms in total. The minimum absolute atomic E-state index is 0.786. The predicted molar refractivity (Wildman–Crippen MR) is 58.3 cm³/mol. The molecule has 12 heavy (non-hydrogen) atoms. The average molecular weight is 162 g/mol. The molecule has 0 aromatic rings. The molecule has 1 atom stereocenters. The Morgan fingerprint density at radius 1 is 1.50 bits per heavy atom. The van der Waals surface area contributed by atoms with Crippen LogP contribution in [-0.4, -0.2) is 7.85 Å². The topological polar surface area (TPSA) is 0 Å². The fourth-order valence-corrected chi connectivity index (χ4v) is 1.97. The molecular formula is C11H19B. The normalized spacial score (nSPS) is 24.1. The van der Waals surface area contributed by atoms with Crippen LogP contribution >= 0.6 is 0 Å². The van der Waals surface area contributed by atoms with Gasteiger partial charge in [-0.3, -0.25) is 0 Å². The van der Waals surface area contributed by atoms with Gasteiger partial charge in [-0.1, -0.05) is 29.2 Å². The van der Waals surface area contributed by atoms with Gasteiger partial charge in [-0.25, -0.2) is 0 Å². The Morgan fingerprint density at radius 3 is 2.67 bits per heavy atom. The van der Waals surface area contributed by atoms with Gasteiger partial charge in [-0.2, -0.15) is 0 Å². The van der Waals surface area contributed by atoms with Crippen molar-refractivity contribution < 1.29 is 0 Å². The molecule has 0 amide bonds. The van der Waals surface area contributed by atoms with Crippen LogP contribution in [0.2, 0.25) is 5.82 Å². The summed E-state index contributed by atoms with van der Waals surface area (Å²) in [5, 5.41) is 0. The maximum Gasteiger partial charge on any atom is 0.111 e.